The number of amides is 1. The lowest BCUT2D eigenvalue weighted by molar-refractivity contribution is 0.0960. The van der Waals surface area contributed by atoms with E-state index in [2.05, 4.69) is 50.5 Å². The standard InChI is InChI=1S/C27H27FN6O2/c1-15(16(2)19-5-4-6-20-25(27(35)29-3)21(28)11-32-26(19)20)9-31-24-8-22(33-14-34-24)17-7-18-12-36-13-23(18)30-10-17/h4-8,10-11,14-16H,9,12-13H2,1-3H3,(H,29,35)(H,31,33,34)/t15-,16?/m1/s1. The number of hydrogen-bond donors (Lipinski definition) is 2. The zero-order valence-corrected chi connectivity index (χ0v) is 20.4. The van der Waals surface area contributed by atoms with Crippen LogP contribution in [0, 0.1) is 11.7 Å². The highest BCUT2D eigenvalue weighted by molar-refractivity contribution is 6.06. The molecule has 1 aliphatic rings. The van der Waals surface area contributed by atoms with Gasteiger partial charge in [-0.05, 0) is 23.5 Å². The molecular formula is C27H27FN6O2. The zero-order chi connectivity index (χ0) is 25.2. The molecule has 2 N–H and O–H groups in total. The van der Waals surface area contributed by atoms with Crippen molar-refractivity contribution in [3.05, 3.63) is 77.3 Å². The SMILES string of the molecule is CNC(=O)c1c(F)cnc2c(C(C)[C@H](C)CNc3cc(-c4cnc5c(c4)COC5)ncn3)cccc12. The van der Waals surface area contributed by atoms with E-state index >= 15 is 0 Å². The zero-order valence-electron chi connectivity index (χ0n) is 20.4. The number of nitrogens with one attached hydrogen (secondary N) is 2. The number of aromatic nitrogens is 4. The first-order chi connectivity index (χ1) is 17.5. The van der Waals surface area contributed by atoms with E-state index in [9.17, 15) is 9.18 Å². The predicted molar refractivity (Wildman–Crippen MR) is 135 cm³/mol. The largest absolute Gasteiger partial charge is 0.370 e. The molecule has 36 heavy (non-hydrogen) atoms. The van der Waals surface area contributed by atoms with Gasteiger partial charge in [0.2, 0.25) is 0 Å². The second kappa shape index (κ2) is 9.94. The van der Waals surface area contributed by atoms with E-state index in [-0.39, 0.29) is 17.4 Å². The number of pyridine rings is 2. The number of carbonyl (C=O) groups excluding carboxylic acids is 1. The Morgan fingerprint density at radius 3 is 2.81 bits per heavy atom. The van der Waals surface area contributed by atoms with Crippen LogP contribution in [0.3, 0.4) is 0 Å². The van der Waals surface area contributed by atoms with Gasteiger partial charge in [-0.2, -0.15) is 0 Å². The fraction of sp³-hybridized carbons (Fsp3) is 0.296. The van der Waals surface area contributed by atoms with Gasteiger partial charge in [0.15, 0.2) is 5.82 Å². The van der Waals surface area contributed by atoms with Crippen LogP contribution in [0.5, 0.6) is 0 Å². The van der Waals surface area contributed by atoms with E-state index in [1.165, 1.54) is 7.05 Å². The molecule has 0 fully saturated rings. The van der Waals surface area contributed by atoms with Crippen molar-refractivity contribution in [2.24, 2.45) is 5.92 Å². The summed E-state index contributed by atoms with van der Waals surface area (Å²) in [5, 5.41) is 6.43. The third kappa shape index (κ3) is 4.49. The van der Waals surface area contributed by atoms with Crippen LogP contribution in [0.2, 0.25) is 0 Å². The number of ether oxygens (including phenoxy) is 1. The highest BCUT2D eigenvalue weighted by Gasteiger charge is 2.22. The maximum Gasteiger partial charge on any atom is 0.254 e. The van der Waals surface area contributed by atoms with Crippen molar-refractivity contribution >= 4 is 22.6 Å². The Morgan fingerprint density at radius 1 is 1.11 bits per heavy atom. The van der Waals surface area contributed by atoms with Crippen molar-refractivity contribution in [3.63, 3.8) is 0 Å². The number of hydrogen-bond acceptors (Lipinski definition) is 7. The molecule has 4 heterocycles. The Balaban J connectivity index is 1.34. The predicted octanol–water partition coefficient (Wildman–Crippen LogP) is 4.47. The first kappa shape index (κ1) is 23.7. The van der Waals surface area contributed by atoms with Crippen LogP contribution < -0.4 is 10.6 Å². The number of carbonyl (C=O) groups is 1. The van der Waals surface area contributed by atoms with Gasteiger partial charge in [-0.3, -0.25) is 14.8 Å². The first-order valence-corrected chi connectivity index (χ1v) is 11.9. The summed E-state index contributed by atoms with van der Waals surface area (Å²) in [6.07, 6.45) is 4.47. The normalized spacial score (nSPS) is 14.3. The van der Waals surface area contributed by atoms with Crippen LogP contribution in [-0.4, -0.2) is 39.4 Å². The van der Waals surface area contributed by atoms with Gasteiger partial charge in [0, 0.05) is 42.4 Å². The maximum atomic E-state index is 14.4. The lowest BCUT2D eigenvalue weighted by atomic mass is 9.87. The smallest absolute Gasteiger partial charge is 0.254 e. The van der Waals surface area contributed by atoms with Crippen molar-refractivity contribution in [2.45, 2.75) is 33.0 Å². The summed E-state index contributed by atoms with van der Waals surface area (Å²) in [5.74, 6) is -0.116. The summed E-state index contributed by atoms with van der Waals surface area (Å²) in [7, 11) is 1.49. The maximum absolute atomic E-state index is 14.4. The molecule has 2 atom stereocenters. The number of halogens is 1. The van der Waals surface area contributed by atoms with Crippen LogP contribution in [0.15, 0.2) is 49.1 Å². The van der Waals surface area contributed by atoms with Gasteiger partial charge in [0.1, 0.15) is 12.1 Å². The molecule has 8 nitrogen and oxygen atoms in total. The number of fused-ring (bicyclic) bond motifs is 2. The molecule has 4 aromatic rings. The molecular weight excluding hydrogens is 459 g/mol. The van der Waals surface area contributed by atoms with Crippen LogP contribution in [-0.2, 0) is 18.0 Å². The van der Waals surface area contributed by atoms with E-state index in [0.717, 1.165) is 40.1 Å². The molecule has 0 aliphatic carbocycles. The van der Waals surface area contributed by atoms with Gasteiger partial charge in [-0.1, -0.05) is 32.0 Å². The summed E-state index contributed by atoms with van der Waals surface area (Å²) in [4.78, 5) is 29.9. The topological polar surface area (TPSA) is 102 Å². The number of para-hydroxylation sites is 1. The fourth-order valence-corrected chi connectivity index (χ4v) is 4.50. The average molecular weight is 487 g/mol. The molecule has 0 saturated carbocycles. The van der Waals surface area contributed by atoms with Crippen molar-refractivity contribution < 1.29 is 13.9 Å². The van der Waals surface area contributed by atoms with Crippen LogP contribution in [0.25, 0.3) is 22.2 Å². The lowest BCUT2D eigenvalue weighted by Crippen LogP contribution is -2.21. The van der Waals surface area contributed by atoms with E-state index in [4.69, 9.17) is 4.74 Å². The molecule has 1 unspecified atom stereocenters. The van der Waals surface area contributed by atoms with E-state index in [0.29, 0.717) is 30.7 Å². The van der Waals surface area contributed by atoms with Gasteiger partial charge in [-0.15, -0.1) is 0 Å². The molecule has 0 saturated heterocycles. The fourth-order valence-electron chi connectivity index (χ4n) is 4.50. The van der Waals surface area contributed by atoms with Gasteiger partial charge < -0.3 is 15.4 Å². The molecule has 1 aromatic carbocycles. The number of nitrogens with zero attached hydrogens (tertiary/aromatic N) is 4. The Hall–Kier alpha value is -3.98. The molecule has 0 bridgehead atoms. The molecule has 9 heteroatoms. The van der Waals surface area contributed by atoms with Crippen molar-refractivity contribution in [1.82, 2.24) is 25.3 Å². The van der Waals surface area contributed by atoms with Crippen molar-refractivity contribution in [1.29, 1.82) is 0 Å². The summed E-state index contributed by atoms with van der Waals surface area (Å²) in [5.41, 5.74) is 5.39. The molecule has 0 radical (unpaired) electrons. The number of rotatable bonds is 7. The molecule has 184 valence electrons. The van der Waals surface area contributed by atoms with E-state index in [1.807, 2.05) is 24.4 Å². The first-order valence-electron chi connectivity index (χ1n) is 11.9. The highest BCUT2D eigenvalue weighted by atomic mass is 19.1. The monoisotopic (exact) mass is 486 g/mol. The van der Waals surface area contributed by atoms with Crippen LogP contribution in [0.4, 0.5) is 10.2 Å². The highest BCUT2D eigenvalue weighted by Crippen LogP contribution is 2.32. The molecule has 1 amide bonds. The Kier molecular flexibility index (Phi) is 6.56. The third-order valence-electron chi connectivity index (χ3n) is 6.80. The summed E-state index contributed by atoms with van der Waals surface area (Å²) in [6, 6.07) is 9.53. The minimum atomic E-state index is -0.632. The molecule has 5 rings (SSSR count). The molecule has 3 aromatic heterocycles. The minimum absolute atomic E-state index is 0.0171. The summed E-state index contributed by atoms with van der Waals surface area (Å²) in [6.45, 7) is 6.01. The second-order valence-corrected chi connectivity index (χ2v) is 9.06. The summed E-state index contributed by atoms with van der Waals surface area (Å²) < 4.78 is 19.9. The number of benzene rings is 1. The lowest BCUT2D eigenvalue weighted by Gasteiger charge is -2.22. The van der Waals surface area contributed by atoms with Gasteiger partial charge in [0.05, 0.1) is 41.9 Å². The van der Waals surface area contributed by atoms with Crippen molar-refractivity contribution in [3.8, 4) is 11.3 Å². The van der Waals surface area contributed by atoms with E-state index in [1.54, 1.807) is 12.4 Å². The second-order valence-electron chi connectivity index (χ2n) is 9.06. The van der Waals surface area contributed by atoms with Crippen molar-refractivity contribution in [2.75, 3.05) is 18.9 Å². The third-order valence-corrected chi connectivity index (χ3v) is 6.80. The minimum Gasteiger partial charge on any atom is -0.370 e. The van der Waals surface area contributed by atoms with Gasteiger partial charge in [0.25, 0.3) is 5.91 Å². The average Bonchev–Trinajstić information content (AvgIpc) is 3.38. The number of anilines is 1. The Labute approximate surface area is 208 Å². The summed E-state index contributed by atoms with van der Waals surface area (Å²) >= 11 is 0. The van der Waals surface area contributed by atoms with Gasteiger partial charge in [-0.25, -0.2) is 14.4 Å². The molecule has 0 spiro atoms. The molecule has 1 aliphatic heterocycles. The van der Waals surface area contributed by atoms with Crippen LogP contribution in [0.1, 0.15) is 46.9 Å². The Bertz CT molecular complexity index is 1440. The quantitative estimate of drug-likeness (QED) is 0.397. The Morgan fingerprint density at radius 2 is 1.97 bits per heavy atom. The van der Waals surface area contributed by atoms with E-state index < -0.39 is 11.7 Å². The van der Waals surface area contributed by atoms with Gasteiger partial charge >= 0.3 is 0 Å². The van der Waals surface area contributed by atoms with Crippen LogP contribution >= 0.6 is 0 Å².